The highest BCUT2D eigenvalue weighted by Gasteiger charge is 2.56. The summed E-state index contributed by atoms with van der Waals surface area (Å²) in [7, 11) is 0. The van der Waals surface area contributed by atoms with Gasteiger partial charge in [-0.3, -0.25) is 4.79 Å². The van der Waals surface area contributed by atoms with Crippen molar-refractivity contribution >= 4 is 61.5 Å². The monoisotopic (exact) mass is 655 g/mol. The first-order chi connectivity index (χ1) is 20.0. The highest BCUT2D eigenvalue weighted by molar-refractivity contribution is 9.10. The van der Waals surface area contributed by atoms with Gasteiger partial charge < -0.3 is 19.1 Å². The lowest BCUT2D eigenvalue weighted by Crippen LogP contribution is -2.44. The van der Waals surface area contributed by atoms with Crippen molar-refractivity contribution in [2.45, 2.75) is 82.0 Å². The summed E-state index contributed by atoms with van der Waals surface area (Å²) in [5.41, 5.74) is 2.28. The van der Waals surface area contributed by atoms with Crippen LogP contribution >= 0.6 is 27.7 Å². The van der Waals surface area contributed by atoms with E-state index in [1.807, 2.05) is 42.9 Å². The maximum atomic E-state index is 15.9. The molecule has 11 heteroatoms. The fourth-order valence-corrected chi connectivity index (χ4v) is 7.72. The van der Waals surface area contributed by atoms with Crippen LogP contribution in [0.1, 0.15) is 63.8 Å². The van der Waals surface area contributed by atoms with Gasteiger partial charge in [0.2, 0.25) is 5.91 Å². The van der Waals surface area contributed by atoms with Gasteiger partial charge >= 0.3 is 6.09 Å². The maximum absolute atomic E-state index is 15.9. The summed E-state index contributed by atoms with van der Waals surface area (Å²) in [5, 5.41) is 11.5. The Labute approximate surface area is 257 Å². The van der Waals surface area contributed by atoms with E-state index in [-0.39, 0.29) is 41.9 Å². The number of nitriles is 1. The first kappa shape index (κ1) is 29.2. The largest absolute Gasteiger partial charge is 0.444 e. The molecule has 2 amide bonds. The first-order valence-corrected chi connectivity index (χ1v) is 16.6. The summed E-state index contributed by atoms with van der Waals surface area (Å²) in [6.45, 7) is 7.83. The van der Waals surface area contributed by atoms with Gasteiger partial charge in [-0.1, -0.05) is 0 Å². The molecule has 3 aliphatic heterocycles. The third-order valence-corrected chi connectivity index (χ3v) is 10.3. The number of aryl methyl sites for hydroxylation is 2. The number of hydrogen-bond donors (Lipinski definition) is 0. The van der Waals surface area contributed by atoms with Crippen LogP contribution in [-0.4, -0.2) is 68.9 Å². The van der Waals surface area contributed by atoms with Crippen molar-refractivity contribution in [3.63, 3.8) is 0 Å². The van der Waals surface area contributed by atoms with E-state index in [2.05, 4.69) is 32.6 Å². The average Bonchev–Trinajstić information content (AvgIpc) is 3.59. The maximum Gasteiger partial charge on any atom is 0.410 e. The van der Waals surface area contributed by atoms with Crippen LogP contribution in [0.25, 0.3) is 21.8 Å². The summed E-state index contributed by atoms with van der Waals surface area (Å²) in [4.78, 5) is 34.6. The molecule has 0 radical (unpaired) electrons. The zero-order chi connectivity index (χ0) is 29.9. The van der Waals surface area contributed by atoms with E-state index in [4.69, 9.17) is 9.72 Å². The number of hydrogen-bond acceptors (Lipinski definition) is 6. The fraction of sp³-hybridized carbons (Fsp3) is 0.548. The van der Waals surface area contributed by atoms with E-state index in [1.165, 1.54) is 11.8 Å². The lowest BCUT2D eigenvalue weighted by molar-refractivity contribution is -0.134. The number of fused-ring (bicyclic) bond motifs is 4. The van der Waals surface area contributed by atoms with Gasteiger partial charge in [0.25, 0.3) is 0 Å². The van der Waals surface area contributed by atoms with E-state index < -0.39 is 11.4 Å². The molecule has 0 spiro atoms. The number of likely N-dealkylation sites (tertiary alicyclic amines) is 1. The van der Waals surface area contributed by atoms with Crippen molar-refractivity contribution in [1.29, 1.82) is 5.26 Å². The quantitative estimate of drug-likeness (QED) is 0.266. The Balaban J connectivity index is 1.51. The average molecular weight is 657 g/mol. The van der Waals surface area contributed by atoms with Crippen molar-refractivity contribution in [3.05, 3.63) is 33.7 Å². The number of ether oxygens (including phenoxy) is 1. The van der Waals surface area contributed by atoms with Crippen LogP contribution in [0.4, 0.5) is 9.18 Å². The molecule has 222 valence electrons. The smallest absolute Gasteiger partial charge is 0.410 e. The molecule has 7 rings (SSSR count). The Morgan fingerprint density at radius 1 is 1.24 bits per heavy atom. The second-order valence-electron chi connectivity index (χ2n) is 12.5. The molecule has 42 heavy (non-hydrogen) atoms. The minimum Gasteiger partial charge on any atom is -0.444 e. The zero-order valence-corrected chi connectivity index (χ0v) is 26.8. The van der Waals surface area contributed by atoms with Crippen molar-refractivity contribution in [2.75, 3.05) is 25.9 Å². The molecule has 5 heterocycles. The number of halogens is 2. The molecule has 2 bridgehead atoms. The number of thioether (sulfide) groups is 1. The number of carbonyl (C=O) groups excluding carboxylic acids is 2. The van der Waals surface area contributed by atoms with Crippen LogP contribution in [0.15, 0.2) is 21.6 Å². The Bertz CT molecular complexity index is 1640. The Kier molecular flexibility index (Phi) is 7.67. The standard InChI is InChI=1S/C31H35BrFN5O3S/c1-31(2,3)41-30(40)37-16-18-14-22(37)27(18)38-19(8-9-23(39)36-11-6-12-36)15-21-28(38)20-13-17(7-5-10-34)24(32)25(33)26(20)35-29(21)42-4/h13,15,18,22,27H,5-9,11-12,14,16H2,1-4H3/t18-,22-,27+/m1/s1. The van der Waals surface area contributed by atoms with Gasteiger partial charge in [0.05, 0.1) is 28.1 Å². The summed E-state index contributed by atoms with van der Waals surface area (Å²) in [6.07, 6.45) is 5.16. The molecule has 3 saturated heterocycles. The molecule has 1 aromatic carbocycles. The lowest BCUT2D eigenvalue weighted by Gasteiger charge is -2.39. The number of benzene rings is 1. The number of rotatable bonds is 7. The zero-order valence-electron chi connectivity index (χ0n) is 24.4. The van der Waals surface area contributed by atoms with Crippen LogP contribution in [0.2, 0.25) is 0 Å². The Hall–Kier alpha value is -2.84. The van der Waals surface area contributed by atoms with Crippen LogP contribution in [-0.2, 0) is 22.4 Å². The molecule has 4 fully saturated rings. The van der Waals surface area contributed by atoms with Crippen molar-refractivity contribution in [3.8, 4) is 6.07 Å². The van der Waals surface area contributed by atoms with E-state index in [0.29, 0.717) is 35.7 Å². The van der Waals surface area contributed by atoms with E-state index in [9.17, 15) is 14.9 Å². The molecular formula is C31H35BrFN5O3S. The molecule has 3 atom stereocenters. The van der Waals surface area contributed by atoms with Gasteiger partial charge in [-0.05, 0) is 86.3 Å². The van der Waals surface area contributed by atoms with Gasteiger partial charge in [-0.2, -0.15) is 5.26 Å². The van der Waals surface area contributed by atoms with Crippen molar-refractivity contribution in [1.82, 2.24) is 19.4 Å². The molecule has 0 unspecified atom stereocenters. The summed E-state index contributed by atoms with van der Waals surface area (Å²) >= 11 is 4.89. The summed E-state index contributed by atoms with van der Waals surface area (Å²) < 4.78 is 24.3. The molecule has 8 nitrogen and oxygen atoms in total. The Morgan fingerprint density at radius 3 is 2.64 bits per heavy atom. The van der Waals surface area contributed by atoms with Crippen molar-refractivity contribution in [2.24, 2.45) is 5.92 Å². The van der Waals surface area contributed by atoms with E-state index in [1.54, 1.807) is 0 Å². The van der Waals surface area contributed by atoms with E-state index in [0.717, 1.165) is 53.1 Å². The highest BCUT2D eigenvalue weighted by Crippen LogP contribution is 2.53. The van der Waals surface area contributed by atoms with Crippen LogP contribution in [0.5, 0.6) is 0 Å². The van der Waals surface area contributed by atoms with Gasteiger partial charge in [0.15, 0.2) is 5.82 Å². The number of amides is 2. The molecule has 0 N–H and O–H groups in total. The topological polar surface area (TPSA) is 91.5 Å². The number of nitrogens with zero attached hydrogens (tertiary/aromatic N) is 5. The Morgan fingerprint density at radius 2 is 2.00 bits per heavy atom. The summed E-state index contributed by atoms with van der Waals surface area (Å²) in [5.74, 6) is -0.0685. The molecule has 3 aromatic rings. The number of pyridine rings is 1. The number of carbonyl (C=O) groups is 2. The van der Waals surface area contributed by atoms with Crippen LogP contribution in [0, 0.1) is 23.1 Å². The second kappa shape index (κ2) is 11.0. The third kappa shape index (κ3) is 4.94. The van der Waals surface area contributed by atoms with Crippen molar-refractivity contribution < 1.29 is 18.7 Å². The van der Waals surface area contributed by atoms with Gasteiger partial charge in [0.1, 0.15) is 16.1 Å². The second-order valence-corrected chi connectivity index (χ2v) is 14.1. The molecular weight excluding hydrogens is 621 g/mol. The first-order valence-electron chi connectivity index (χ1n) is 14.5. The molecule has 2 aromatic heterocycles. The molecule has 1 saturated carbocycles. The number of aromatic nitrogens is 2. The van der Waals surface area contributed by atoms with Crippen LogP contribution < -0.4 is 0 Å². The summed E-state index contributed by atoms with van der Waals surface area (Å²) in [6, 6.07) is 6.16. The lowest BCUT2D eigenvalue weighted by atomic mass is 9.79. The van der Waals surface area contributed by atoms with Gasteiger partial charge in [0, 0.05) is 54.9 Å². The predicted molar refractivity (Wildman–Crippen MR) is 164 cm³/mol. The SMILES string of the molecule is CSc1nc2c(F)c(Br)c(CCC#N)cc2c2c1cc(CCC(=O)N1CCC1)n2[C@H]1[C@@H]2C[C@H]1N(C(=O)OC(C)(C)C)C2. The normalized spacial score (nSPS) is 21.4. The molecule has 1 aliphatic carbocycles. The van der Waals surface area contributed by atoms with Gasteiger partial charge in [-0.15, -0.1) is 11.8 Å². The molecule has 4 aliphatic rings. The van der Waals surface area contributed by atoms with Crippen LogP contribution in [0.3, 0.4) is 0 Å². The minimum absolute atomic E-state index is 0.0151. The highest BCUT2D eigenvalue weighted by atomic mass is 79.9. The van der Waals surface area contributed by atoms with E-state index >= 15 is 4.39 Å². The predicted octanol–water partition coefficient (Wildman–Crippen LogP) is 6.61. The fourth-order valence-electron chi connectivity index (χ4n) is 6.66. The minimum atomic E-state index is -0.595. The third-order valence-electron chi connectivity index (χ3n) is 8.75. The van der Waals surface area contributed by atoms with Gasteiger partial charge in [-0.25, -0.2) is 14.2 Å².